The van der Waals surface area contributed by atoms with Crippen LogP contribution in [0.2, 0.25) is 0 Å². The smallest absolute Gasteiger partial charge is 0.318 e. The molecule has 45 heavy (non-hydrogen) atoms. The maximum Gasteiger partial charge on any atom is 0.318 e. The summed E-state index contributed by atoms with van der Waals surface area (Å²) in [6.07, 6.45) is 16.6. The Balaban J connectivity index is 1.08. The molecule has 8 nitrogen and oxygen atoms in total. The molecule has 1 saturated carbocycles. The van der Waals surface area contributed by atoms with Gasteiger partial charge < -0.3 is 25.0 Å². The molecule has 2 N–H and O–H groups in total. The van der Waals surface area contributed by atoms with Crippen molar-refractivity contribution in [3.8, 4) is 24.1 Å². The first kappa shape index (κ1) is 27.7. The number of benzene rings is 2. The monoisotopic (exact) mass is 608 g/mol. The van der Waals surface area contributed by atoms with Gasteiger partial charge in [-0.3, -0.25) is 4.90 Å². The first-order valence-corrected chi connectivity index (χ1v) is 17.0. The molecule has 2 unspecified atom stereocenters. The molecule has 6 heterocycles. The number of piperazine rings is 1. The summed E-state index contributed by atoms with van der Waals surface area (Å²) < 4.78 is 21.6. The molecule has 9 rings (SSSR count). The summed E-state index contributed by atoms with van der Waals surface area (Å²) in [6, 6.07) is 8.55. The van der Waals surface area contributed by atoms with Gasteiger partial charge in [0.2, 0.25) is 0 Å². The Morgan fingerprint density at radius 2 is 1.93 bits per heavy atom. The maximum atomic E-state index is 14.9. The van der Waals surface area contributed by atoms with Crippen molar-refractivity contribution in [1.29, 1.82) is 0 Å². The Hall–Kier alpha value is -3.61. The topological polar surface area (TPSA) is 77.0 Å². The number of nitrogens with one attached hydrogen (secondary N) is 1. The number of halogens is 1. The Bertz CT molecular complexity index is 1710. The van der Waals surface area contributed by atoms with E-state index in [1.165, 1.54) is 69.5 Å². The Morgan fingerprint density at radius 1 is 1.07 bits per heavy atom. The second kappa shape index (κ2) is 10.5. The van der Waals surface area contributed by atoms with Crippen molar-refractivity contribution >= 4 is 22.3 Å². The number of phenolic OH excluding ortho intramolecular Hbond substituents is 1. The van der Waals surface area contributed by atoms with Gasteiger partial charge in [0.1, 0.15) is 24.0 Å². The standard InChI is InChI=1S/C36H41FN6O2/c1-2-27-29(37)10-7-22-15-26(44)16-32(33(22)27)41-14-11-28-30(20-41)39-35(40-34(28)42-18-24-8-9-25(19-42)38-24)45-21-36-12-4-13-43(36)31-6-3-5-23(31)17-36/h1,7,10,15-16,23-25,31,38,44H,3-6,8-9,11-14,17-21H2/t23-,24?,25?,31-,36+/m0/s1. The summed E-state index contributed by atoms with van der Waals surface area (Å²) in [4.78, 5) is 17.7. The molecule has 2 aromatic carbocycles. The number of aromatic hydroxyl groups is 1. The highest BCUT2D eigenvalue weighted by atomic mass is 19.1. The second-order valence-electron chi connectivity index (χ2n) is 14.4. The van der Waals surface area contributed by atoms with Crippen LogP contribution in [-0.2, 0) is 13.0 Å². The molecule has 6 aliphatic rings. The van der Waals surface area contributed by atoms with Crippen LogP contribution in [0.5, 0.6) is 11.8 Å². The third kappa shape index (κ3) is 4.47. The third-order valence-corrected chi connectivity index (χ3v) is 11.8. The fraction of sp³-hybridized carbons (Fsp3) is 0.556. The maximum absolute atomic E-state index is 14.9. The first-order chi connectivity index (χ1) is 22.0. The van der Waals surface area contributed by atoms with Crippen molar-refractivity contribution in [2.75, 3.05) is 42.6 Å². The largest absolute Gasteiger partial charge is 0.508 e. The van der Waals surface area contributed by atoms with Crippen molar-refractivity contribution in [2.24, 2.45) is 5.92 Å². The lowest BCUT2D eigenvalue weighted by Gasteiger charge is -2.38. The number of fused-ring (bicyclic) bond motifs is 7. The third-order valence-electron chi connectivity index (χ3n) is 11.8. The normalized spacial score (nSPS) is 30.4. The van der Waals surface area contributed by atoms with Crippen molar-refractivity contribution in [1.82, 2.24) is 20.2 Å². The van der Waals surface area contributed by atoms with Gasteiger partial charge in [0.15, 0.2) is 0 Å². The van der Waals surface area contributed by atoms with E-state index < -0.39 is 5.82 Å². The summed E-state index contributed by atoms with van der Waals surface area (Å²) >= 11 is 0. The summed E-state index contributed by atoms with van der Waals surface area (Å²) in [5.74, 6) is 4.07. The van der Waals surface area contributed by atoms with Gasteiger partial charge in [-0.25, -0.2) is 4.39 Å². The van der Waals surface area contributed by atoms with Gasteiger partial charge >= 0.3 is 6.01 Å². The summed E-state index contributed by atoms with van der Waals surface area (Å²) in [6.45, 7) is 4.87. The van der Waals surface area contributed by atoms with Gasteiger partial charge in [-0.05, 0) is 81.3 Å². The van der Waals surface area contributed by atoms with Crippen LogP contribution in [0, 0.1) is 24.1 Å². The quantitative estimate of drug-likeness (QED) is 0.403. The highest BCUT2D eigenvalue weighted by Crippen LogP contribution is 2.51. The molecular weight excluding hydrogens is 567 g/mol. The highest BCUT2D eigenvalue weighted by Gasteiger charge is 2.55. The van der Waals surface area contributed by atoms with Crippen LogP contribution < -0.4 is 19.9 Å². The number of aromatic nitrogens is 2. The van der Waals surface area contributed by atoms with E-state index >= 15 is 0 Å². The van der Waals surface area contributed by atoms with Crippen LogP contribution in [0.4, 0.5) is 15.9 Å². The lowest BCUT2D eigenvalue weighted by Crippen LogP contribution is -2.52. The summed E-state index contributed by atoms with van der Waals surface area (Å²) in [5, 5.41) is 15.8. The van der Waals surface area contributed by atoms with Crippen LogP contribution in [0.15, 0.2) is 24.3 Å². The number of anilines is 2. The average Bonchev–Trinajstić information content (AvgIpc) is 3.81. The van der Waals surface area contributed by atoms with E-state index in [4.69, 9.17) is 21.1 Å². The minimum absolute atomic E-state index is 0.103. The zero-order chi connectivity index (χ0) is 30.3. The van der Waals surface area contributed by atoms with Gasteiger partial charge in [-0.15, -0.1) is 6.42 Å². The first-order valence-electron chi connectivity index (χ1n) is 17.0. The van der Waals surface area contributed by atoms with E-state index in [-0.39, 0.29) is 16.9 Å². The van der Waals surface area contributed by atoms with E-state index in [9.17, 15) is 9.50 Å². The lowest BCUT2D eigenvalue weighted by atomic mass is 9.90. The van der Waals surface area contributed by atoms with Crippen LogP contribution in [0.3, 0.4) is 0 Å². The molecule has 0 amide bonds. The van der Waals surface area contributed by atoms with Crippen molar-refractivity contribution in [3.63, 3.8) is 0 Å². The lowest BCUT2D eigenvalue weighted by molar-refractivity contribution is 0.0829. The van der Waals surface area contributed by atoms with Crippen LogP contribution in [0.25, 0.3) is 10.8 Å². The Morgan fingerprint density at radius 3 is 2.78 bits per heavy atom. The zero-order valence-electron chi connectivity index (χ0n) is 25.8. The molecule has 5 fully saturated rings. The molecule has 0 spiro atoms. The van der Waals surface area contributed by atoms with E-state index in [1.807, 2.05) is 0 Å². The highest BCUT2D eigenvalue weighted by molar-refractivity contribution is 6.00. The molecule has 2 bridgehead atoms. The number of terminal acetylenes is 1. The molecule has 234 valence electrons. The van der Waals surface area contributed by atoms with E-state index in [1.54, 1.807) is 18.2 Å². The minimum Gasteiger partial charge on any atom is -0.508 e. The number of nitrogens with zero attached hydrogens (tertiary/aromatic N) is 5. The Kier molecular flexibility index (Phi) is 6.44. The van der Waals surface area contributed by atoms with Crippen LogP contribution >= 0.6 is 0 Å². The van der Waals surface area contributed by atoms with E-state index in [0.717, 1.165) is 54.1 Å². The van der Waals surface area contributed by atoms with Crippen molar-refractivity contribution < 1.29 is 14.2 Å². The van der Waals surface area contributed by atoms with Gasteiger partial charge in [0, 0.05) is 60.5 Å². The molecular formula is C36H41FN6O2. The fourth-order valence-corrected chi connectivity index (χ4v) is 9.95. The number of rotatable bonds is 5. The number of hydrogen-bond acceptors (Lipinski definition) is 8. The van der Waals surface area contributed by atoms with Crippen LogP contribution in [-0.4, -0.2) is 76.4 Å². The van der Waals surface area contributed by atoms with Crippen LogP contribution in [0.1, 0.15) is 68.2 Å². The molecule has 0 radical (unpaired) electrons. The summed E-state index contributed by atoms with van der Waals surface area (Å²) in [7, 11) is 0. The van der Waals surface area contributed by atoms with Crippen molar-refractivity contribution in [2.45, 2.75) is 88.0 Å². The van der Waals surface area contributed by atoms with Gasteiger partial charge in [0.25, 0.3) is 0 Å². The van der Waals surface area contributed by atoms with Gasteiger partial charge in [-0.1, -0.05) is 18.4 Å². The number of hydrogen-bond donors (Lipinski definition) is 2. The Labute approximate surface area is 264 Å². The summed E-state index contributed by atoms with van der Waals surface area (Å²) in [5.41, 5.74) is 3.16. The number of ether oxygens (including phenoxy) is 1. The van der Waals surface area contributed by atoms with Crippen molar-refractivity contribution in [3.05, 3.63) is 46.9 Å². The molecule has 9 heteroatoms. The molecule has 5 atom stereocenters. The predicted molar refractivity (Wildman–Crippen MR) is 172 cm³/mol. The molecule has 3 aromatic rings. The van der Waals surface area contributed by atoms with Gasteiger partial charge in [0.05, 0.1) is 23.3 Å². The fourth-order valence-electron chi connectivity index (χ4n) is 9.95. The molecule has 5 aliphatic heterocycles. The second-order valence-corrected chi connectivity index (χ2v) is 14.4. The van der Waals surface area contributed by atoms with E-state index in [0.29, 0.717) is 43.2 Å². The minimum atomic E-state index is -0.431. The zero-order valence-corrected chi connectivity index (χ0v) is 25.8. The van der Waals surface area contributed by atoms with E-state index in [2.05, 4.69) is 25.9 Å². The predicted octanol–water partition coefficient (Wildman–Crippen LogP) is 4.74. The SMILES string of the molecule is C#Cc1c(F)ccc2cc(O)cc(N3CCc4c(nc(OC[C@]56CCCN5[C@H]5CCC[C@H]5C6)nc4N4CC5CCC(C4)N5)C3)c12. The average molecular weight is 609 g/mol. The van der Waals surface area contributed by atoms with Gasteiger partial charge in [-0.2, -0.15) is 9.97 Å². The molecule has 4 saturated heterocycles. The number of phenols is 1. The molecule has 1 aromatic heterocycles. The molecule has 1 aliphatic carbocycles.